The molecule has 7 atom stereocenters. The lowest BCUT2D eigenvalue weighted by atomic mass is 9.43. The number of halogens is 1. The summed E-state index contributed by atoms with van der Waals surface area (Å²) in [4.78, 5) is 66.1. The van der Waals surface area contributed by atoms with Crippen molar-refractivity contribution in [3.63, 3.8) is 0 Å². The van der Waals surface area contributed by atoms with Gasteiger partial charge in [-0.05, 0) is 54.7 Å². The highest BCUT2D eigenvalue weighted by Gasteiger charge is 2.79. The third-order valence-corrected chi connectivity index (χ3v) is 9.86. The van der Waals surface area contributed by atoms with Gasteiger partial charge in [0.1, 0.15) is 25.1 Å². The van der Waals surface area contributed by atoms with Gasteiger partial charge in [-0.3, -0.25) is 14.4 Å². The lowest BCUT2D eigenvalue weighted by Gasteiger charge is -2.62. The number of carbonyl (C=O) groups excluding carboxylic acids is 5. The van der Waals surface area contributed by atoms with Crippen molar-refractivity contribution in [2.75, 3.05) is 6.61 Å². The fourth-order valence-electron chi connectivity index (χ4n) is 7.91. The van der Waals surface area contributed by atoms with Gasteiger partial charge in [-0.2, -0.15) is 0 Å². The van der Waals surface area contributed by atoms with E-state index in [1.807, 2.05) is 13.8 Å². The second-order valence-corrected chi connectivity index (χ2v) is 12.1. The largest absolute Gasteiger partial charge is 0.464 e. The molecule has 3 aliphatic carbocycles. The normalized spacial score (nSPS) is 37.3. The van der Waals surface area contributed by atoms with Crippen LogP contribution in [0.3, 0.4) is 0 Å². The molecule has 5 rings (SSSR count). The molecule has 4 fully saturated rings. The van der Waals surface area contributed by atoms with Crippen LogP contribution < -0.4 is 0 Å². The third-order valence-electron chi connectivity index (χ3n) is 9.53. The topological polar surface area (TPSA) is 113 Å². The molecule has 3 saturated carbocycles. The predicted octanol–water partition coefficient (Wildman–Crippen LogP) is 4.13. The lowest BCUT2D eigenvalue weighted by Crippen LogP contribution is -2.71. The predicted molar refractivity (Wildman–Crippen MR) is 135 cm³/mol. The van der Waals surface area contributed by atoms with Crippen molar-refractivity contribution in [2.24, 2.45) is 34.0 Å². The lowest BCUT2D eigenvalue weighted by molar-refractivity contribution is -0.250. The molecule has 38 heavy (non-hydrogen) atoms. The number of carbonyl (C=O) groups is 5. The first kappa shape index (κ1) is 26.6. The SMILES string of the molecule is C=C1C(=O)[C@@]23C(=O)OC[C@]4([C@@H](OC(C)=O)CCC(C)(C)[C@H]4C=O)[C@@H]2CC[C@H]1[C@H]3OC(=O)c1ccccc1Cl. The molecular weight excluding hydrogens is 512 g/mol. The van der Waals surface area contributed by atoms with Crippen LogP contribution in [0.15, 0.2) is 36.4 Å². The fourth-order valence-corrected chi connectivity index (χ4v) is 8.13. The molecule has 8 nitrogen and oxygen atoms in total. The molecule has 1 saturated heterocycles. The van der Waals surface area contributed by atoms with Crippen molar-refractivity contribution >= 4 is 41.6 Å². The van der Waals surface area contributed by atoms with Crippen LogP contribution in [0.4, 0.5) is 0 Å². The second kappa shape index (κ2) is 9.04. The maximum absolute atomic E-state index is 14.0. The Bertz CT molecular complexity index is 1250. The van der Waals surface area contributed by atoms with Crippen molar-refractivity contribution in [3.05, 3.63) is 47.0 Å². The number of ketones is 1. The van der Waals surface area contributed by atoms with Gasteiger partial charge in [0.2, 0.25) is 0 Å². The molecule has 0 aromatic heterocycles. The Hall–Kier alpha value is -3.00. The Morgan fingerprint density at radius 1 is 1.13 bits per heavy atom. The molecule has 1 aromatic rings. The maximum atomic E-state index is 14.0. The van der Waals surface area contributed by atoms with Gasteiger partial charge in [0.05, 0.1) is 16.0 Å². The van der Waals surface area contributed by atoms with Crippen molar-refractivity contribution in [3.8, 4) is 0 Å². The smallest absolute Gasteiger partial charge is 0.339 e. The Kier molecular flexibility index (Phi) is 6.33. The number of hydrogen-bond acceptors (Lipinski definition) is 8. The second-order valence-electron chi connectivity index (χ2n) is 11.7. The minimum Gasteiger partial charge on any atom is -0.464 e. The van der Waals surface area contributed by atoms with Gasteiger partial charge in [-0.25, -0.2) is 4.79 Å². The number of rotatable bonds is 4. The molecule has 0 radical (unpaired) electrons. The summed E-state index contributed by atoms with van der Waals surface area (Å²) in [5.41, 5.74) is -3.31. The molecular formula is C29H31ClO8. The molecule has 0 unspecified atom stereocenters. The van der Waals surface area contributed by atoms with E-state index in [1.54, 1.807) is 18.2 Å². The molecule has 1 aromatic carbocycles. The van der Waals surface area contributed by atoms with Crippen molar-refractivity contribution < 1.29 is 38.2 Å². The molecule has 2 bridgehead atoms. The van der Waals surface area contributed by atoms with Crippen LogP contribution in [0.5, 0.6) is 0 Å². The van der Waals surface area contributed by atoms with Gasteiger partial charge in [-0.15, -0.1) is 0 Å². The van der Waals surface area contributed by atoms with Crippen LogP contribution >= 0.6 is 11.6 Å². The molecule has 4 aliphatic rings. The summed E-state index contributed by atoms with van der Waals surface area (Å²) in [7, 11) is 0. The summed E-state index contributed by atoms with van der Waals surface area (Å²) >= 11 is 6.24. The van der Waals surface area contributed by atoms with E-state index < -0.39 is 69.9 Å². The molecule has 2 spiro atoms. The van der Waals surface area contributed by atoms with Gasteiger partial charge >= 0.3 is 17.9 Å². The summed E-state index contributed by atoms with van der Waals surface area (Å²) in [6.45, 7) is 9.01. The van der Waals surface area contributed by atoms with E-state index in [1.165, 1.54) is 13.0 Å². The van der Waals surface area contributed by atoms with Gasteiger partial charge in [0, 0.05) is 18.8 Å². The van der Waals surface area contributed by atoms with E-state index in [9.17, 15) is 24.0 Å². The van der Waals surface area contributed by atoms with Gasteiger partial charge in [-0.1, -0.05) is 44.2 Å². The monoisotopic (exact) mass is 542 g/mol. The molecule has 0 N–H and O–H groups in total. The minimum atomic E-state index is -1.90. The number of hydrogen-bond donors (Lipinski definition) is 0. The molecule has 1 heterocycles. The first-order valence-electron chi connectivity index (χ1n) is 12.9. The van der Waals surface area contributed by atoms with Gasteiger partial charge < -0.3 is 19.0 Å². The summed E-state index contributed by atoms with van der Waals surface area (Å²) in [5.74, 6) is -4.70. The van der Waals surface area contributed by atoms with Gasteiger partial charge in [0.25, 0.3) is 0 Å². The van der Waals surface area contributed by atoms with Crippen LogP contribution in [0.1, 0.15) is 56.8 Å². The third kappa shape index (κ3) is 3.45. The zero-order valence-corrected chi connectivity index (χ0v) is 22.4. The van der Waals surface area contributed by atoms with E-state index >= 15 is 0 Å². The molecule has 9 heteroatoms. The highest BCUT2D eigenvalue weighted by molar-refractivity contribution is 6.33. The fraction of sp³-hybridized carbons (Fsp3) is 0.552. The van der Waals surface area contributed by atoms with Crippen molar-refractivity contribution in [2.45, 2.75) is 58.7 Å². The summed E-state index contributed by atoms with van der Waals surface area (Å²) in [5, 5.41) is 0.174. The van der Waals surface area contributed by atoms with Crippen LogP contribution in [0.2, 0.25) is 5.02 Å². The van der Waals surface area contributed by atoms with Crippen molar-refractivity contribution in [1.82, 2.24) is 0 Å². The number of Topliss-reactive ketones (excluding diaryl/α,β-unsaturated/α-hetero) is 1. The van der Waals surface area contributed by atoms with Crippen LogP contribution in [0.25, 0.3) is 0 Å². The number of esters is 3. The van der Waals surface area contributed by atoms with E-state index in [2.05, 4.69) is 6.58 Å². The quantitative estimate of drug-likeness (QED) is 0.183. The Balaban J connectivity index is 1.68. The molecule has 0 amide bonds. The van der Waals surface area contributed by atoms with Crippen LogP contribution in [-0.2, 0) is 33.4 Å². The number of aldehydes is 1. The average Bonchev–Trinajstić information content (AvgIpc) is 2.97. The van der Waals surface area contributed by atoms with E-state index in [4.69, 9.17) is 25.8 Å². The number of fused-ring (bicyclic) bond motifs is 2. The summed E-state index contributed by atoms with van der Waals surface area (Å²) < 4.78 is 17.6. The molecule has 1 aliphatic heterocycles. The zero-order chi connectivity index (χ0) is 27.6. The highest BCUT2D eigenvalue weighted by Crippen LogP contribution is 2.68. The number of benzene rings is 1. The van der Waals surface area contributed by atoms with E-state index in [0.29, 0.717) is 25.7 Å². The Morgan fingerprint density at radius 2 is 1.84 bits per heavy atom. The summed E-state index contributed by atoms with van der Waals surface area (Å²) in [6, 6.07) is 6.36. The summed E-state index contributed by atoms with van der Waals surface area (Å²) in [6.07, 6.45) is 0.699. The Labute approximate surface area is 226 Å². The van der Waals surface area contributed by atoms with Crippen LogP contribution in [0, 0.1) is 34.0 Å². The minimum absolute atomic E-state index is 0.103. The van der Waals surface area contributed by atoms with Crippen LogP contribution in [-0.4, -0.2) is 48.8 Å². The molecule has 202 valence electrons. The Morgan fingerprint density at radius 3 is 2.50 bits per heavy atom. The highest BCUT2D eigenvalue weighted by atomic mass is 35.5. The van der Waals surface area contributed by atoms with Gasteiger partial charge in [0.15, 0.2) is 11.2 Å². The number of ether oxygens (including phenoxy) is 3. The van der Waals surface area contributed by atoms with E-state index in [0.717, 1.165) is 6.29 Å². The average molecular weight is 543 g/mol. The standard InChI is InChI=1S/C29H31ClO8/c1-15-17-9-10-20-28(21(13-31)27(3,4)12-11-22(28)37-16(2)32)14-36-26(35)29(20,23(15)33)24(17)38-25(34)18-7-5-6-8-19(18)30/h5-8,13,17,20-22,24H,1,9-12,14H2,2-4H3/t17-,20+,21-,22+,24-,28+,29+/m1/s1. The van der Waals surface area contributed by atoms with E-state index in [-0.39, 0.29) is 22.8 Å². The first-order valence-corrected chi connectivity index (χ1v) is 13.3. The first-order chi connectivity index (χ1) is 17.9. The zero-order valence-electron chi connectivity index (χ0n) is 21.7. The van der Waals surface area contributed by atoms with Crippen molar-refractivity contribution in [1.29, 1.82) is 0 Å². The maximum Gasteiger partial charge on any atom is 0.339 e. The number of cyclic esters (lactones) is 1.